The van der Waals surface area contributed by atoms with Gasteiger partial charge in [0, 0.05) is 30.3 Å². The summed E-state index contributed by atoms with van der Waals surface area (Å²) < 4.78 is 5.86. The van der Waals surface area contributed by atoms with E-state index in [-0.39, 0.29) is 24.4 Å². The molecule has 2 aliphatic heterocycles. The fraction of sp³-hybridized carbons (Fsp3) is 0.417. The number of ether oxygens (including phenoxy) is 1. The number of hydrogen-bond acceptors (Lipinski definition) is 5. The molecule has 2 saturated heterocycles. The number of carbonyl (C=O) groups is 2. The van der Waals surface area contributed by atoms with Crippen LogP contribution in [-0.2, 0) is 9.59 Å². The minimum Gasteiger partial charge on any atom is -0.457 e. The summed E-state index contributed by atoms with van der Waals surface area (Å²) in [4.78, 5) is 29.5. The fourth-order valence-corrected chi connectivity index (χ4v) is 5.00. The molecular weight excluding hydrogens is 410 g/mol. The van der Waals surface area contributed by atoms with Crippen molar-refractivity contribution in [2.24, 2.45) is 0 Å². The number of benzene rings is 2. The zero-order valence-electron chi connectivity index (χ0n) is 17.9. The zero-order valence-corrected chi connectivity index (χ0v) is 18.7. The average Bonchev–Trinajstić information content (AvgIpc) is 3.23. The lowest BCUT2D eigenvalue weighted by Crippen LogP contribution is -2.49. The number of likely N-dealkylation sites (tertiary alicyclic amines) is 1. The predicted molar refractivity (Wildman–Crippen MR) is 125 cm³/mol. The number of anilines is 1. The molecule has 1 unspecified atom stereocenters. The van der Waals surface area contributed by atoms with Crippen LogP contribution in [0.4, 0.5) is 5.69 Å². The van der Waals surface area contributed by atoms with Crippen LogP contribution < -0.4 is 10.1 Å². The van der Waals surface area contributed by atoms with Gasteiger partial charge in [-0.05, 0) is 68.3 Å². The van der Waals surface area contributed by atoms with Crippen LogP contribution in [0.5, 0.6) is 11.5 Å². The fourth-order valence-electron chi connectivity index (χ4n) is 4.10. The average molecular weight is 440 g/mol. The molecule has 0 spiro atoms. The smallest absolute Gasteiger partial charge is 0.239 e. The van der Waals surface area contributed by atoms with Crippen LogP contribution in [0.15, 0.2) is 48.5 Å². The molecule has 0 saturated carbocycles. The molecule has 2 amide bonds. The van der Waals surface area contributed by atoms with Crippen molar-refractivity contribution in [3.05, 3.63) is 54.1 Å². The highest BCUT2D eigenvalue weighted by Crippen LogP contribution is 2.24. The van der Waals surface area contributed by atoms with Gasteiger partial charge in [-0.2, -0.15) is 11.8 Å². The molecule has 0 aromatic heterocycles. The zero-order chi connectivity index (χ0) is 21.6. The number of rotatable bonds is 6. The Labute approximate surface area is 187 Å². The number of nitrogens with zero attached hydrogens (tertiary/aromatic N) is 2. The van der Waals surface area contributed by atoms with Crippen molar-refractivity contribution < 1.29 is 14.3 Å². The van der Waals surface area contributed by atoms with Crippen molar-refractivity contribution in [1.82, 2.24) is 9.80 Å². The van der Waals surface area contributed by atoms with Crippen LogP contribution >= 0.6 is 11.8 Å². The Morgan fingerprint density at radius 3 is 2.58 bits per heavy atom. The van der Waals surface area contributed by atoms with Crippen LogP contribution in [0.2, 0.25) is 0 Å². The van der Waals surface area contributed by atoms with Crippen LogP contribution in [0.25, 0.3) is 0 Å². The highest BCUT2D eigenvalue weighted by molar-refractivity contribution is 7.99. The second-order valence-corrected chi connectivity index (χ2v) is 9.28. The van der Waals surface area contributed by atoms with Gasteiger partial charge in [-0.25, -0.2) is 0 Å². The Bertz CT molecular complexity index is 913. The Morgan fingerprint density at radius 2 is 1.84 bits per heavy atom. The first-order chi connectivity index (χ1) is 15.1. The van der Waals surface area contributed by atoms with Gasteiger partial charge in [0.2, 0.25) is 11.8 Å². The first-order valence-corrected chi connectivity index (χ1v) is 12.0. The Balaban J connectivity index is 1.30. The van der Waals surface area contributed by atoms with Crippen molar-refractivity contribution in [3.63, 3.8) is 0 Å². The molecule has 31 heavy (non-hydrogen) atoms. The van der Waals surface area contributed by atoms with Crippen LogP contribution in [0, 0.1) is 6.92 Å². The van der Waals surface area contributed by atoms with E-state index in [0.29, 0.717) is 5.75 Å². The van der Waals surface area contributed by atoms with E-state index in [1.807, 2.05) is 77.0 Å². The maximum absolute atomic E-state index is 12.9. The highest BCUT2D eigenvalue weighted by Gasteiger charge is 2.35. The number of amides is 2. The monoisotopic (exact) mass is 439 g/mol. The summed E-state index contributed by atoms with van der Waals surface area (Å²) in [5.41, 5.74) is 1.86. The van der Waals surface area contributed by atoms with Gasteiger partial charge < -0.3 is 15.0 Å². The van der Waals surface area contributed by atoms with Gasteiger partial charge in [0.1, 0.15) is 11.5 Å². The van der Waals surface area contributed by atoms with E-state index in [4.69, 9.17) is 4.74 Å². The largest absolute Gasteiger partial charge is 0.457 e. The minimum atomic E-state index is -0.168. The quantitative estimate of drug-likeness (QED) is 0.743. The summed E-state index contributed by atoms with van der Waals surface area (Å²) in [6.45, 7) is 4.68. The molecule has 2 aromatic rings. The van der Waals surface area contributed by atoms with Gasteiger partial charge in [-0.15, -0.1) is 0 Å². The molecule has 0 bridgehead atoms. The van der Waals surface area contributed by atoms with E-state index in [0.717, 1.165) is 61.0 Å². The number of aryl methyl sites for hydroxylation is 1. The molecule has 1 atom stereocenters. The third kappa shape index (κ3) is 5.80. The van der Waals surface area contributed by atoms with Crippen LogP contribution in [-0.4, -0.2) is 65.3 Å². The summed E-state index contributed by atoms with van der Waals surface area (Å²) in [5, 5.41) is 2.94. The topological polar surface area (TPSA) is 61.9 Å². The molecule has 6 nitrogen and oxygen atoms in total. The third-order valence-corrected chi connectivity index (χ3v) is 6.62. The maximum atomic E-state index is 12.9. The SMILES string of the molecule is Cc1cccc(Oc2ccc(NC(=O)CN3CCCC3C(=O)N3CCSCC3)cc2)c1. The highest BCUT2D eigenvalue weighted by atomic mass is 32.2. The summed E-state index contributed by atoms with van der Waals surface area (Å²) in [5.74, 6) is 3.59. The number of thioether (sulfide) groups is 1. The molecule has 2 aromatic carbocycles. The van der Waals surface area contributed by atoms with Gasteiger partial charge in [-0.1, -0.05) is 12.1 Å². The van der Waals surface area contributed by atoms with Crippen LogP contribution in [0.1, 0.15) is 18.4 Å². The summed E-state index contributed by atoms with van der Waals surface area (Å²) >= 11 is 1.89. The molecular formula is C24H29N3O3S. The lowest BCUT2D eigenvalue weighted by atomic mass is 10.2. The normalized spacial score (nSPS) is 19.3. The Hall–Kier alpha value is -2.51. The van der Waals surface area contributed by atoms with Crippen molar-refractivity contribution in [2.45, 2.75) is 25.8 Å². The van der Waals surface area contributed by atoms with Crippen molar-refractivity contribution >= 4 is 29.3 Å². The Morgan fingerprint density at radius 1 is 1.06 bits per heavy atom. The lowest BCUT2D eigenvalue weighted by Gasteiger charge is -2.32. The van der Waals surface area contributed by atoms with Crippen molar-refractivity contribution in [2.75, 3.05) is 43.0 Å². The molecule has 2 aliphatic rings. The van der Waals surface area contributed by atoms with Gasteiger partial charge in [0.05, 0.1) is 12.6 Å². The molecule has 7 heteroatoms. The third-order valence-electron chi connectivity index (χ3n) is 5.68. The maximum Gasteiger partial charge on any atom is 0.239 e. The van der Waals surface area contributed by atoms with Crippen molar-refractivity contribution in [3.8, 4) is 11.5 Å². The molecule has 164 valence electrons. The van der Waals surface area contributed by atoms with E-state index < -0.39 is 0 Å². The molecule has 0 aliphatic carbocycles. The molecule has 4 rings (SSSR count). The number of nitrogens with one attached hydrogen (secondary N) is 1. The van der Waals surface area contributed by atoms with E-state index in [1.54, 1.807) is 0 Å². The van der Waals surface area contributed by atoms with Crippen molar-refractivity contribution in [1.29, 1.82) is 0 Å². The molecule has 2 heterocycles. The number of carbonyl (C=O) groups excluding carboxylic acids is 2. The van der Waals surface area contributed by atoms with E-state index in [1.165, 1.54) is 0 Å². The molecule has 0 radical (unpaired) electrons. The molecule has 1 N–H and O–H groups in total. The van der Waals surface area contributed by atoms with E-state index >= 15 is 0 Å². The first-order valence-electron chi connectivity index (χ1n) is 10.8. The van der Waals surface area contributed by atoms with E-state index in [9.17, 15) is 9.59 Å². The van der Waals surface area contributed by atoms with Crippen LogP contribution in [0.3, 0.4) is 0 Å². The molecule has 2 fully saturated rings. The van der Waals surface area contributed by atoms with Gasteiger partial charge in [0.15, 0.2) is 0 Å². The van der Waals surface area contributed by atoms with Gasteiger partial charge >= 0.3 is 0 Å². The predicted octanol–water partition coefficient (Wildman–Crippen LogP) is 3.77. The minimum absolute atomic E-state index is 0.0961. The number of hydrogen-bond donors (Lipinski definition) is 1. The van der Waals surface area contributed by atoms with E-state index in [2.05, 4.69) is 5.32 Å². The second kappa shape index (κ2) is 10.2. The summed E-state index contributed by atoms with van der Waals surface area (Å²) in [6, 6.07) is 15.1. The standard InChI is InChI=1S/C24H29N3O3S/c1-18-4-2-5-21(16-18)30-20-9-7-19(8-10-20)25-23(28)17-27-11-3-6-22(27)24(29)26-12-14-31-15-13-26/h2,4-5,7-10,16,22H,3,6,11-15,17H2,1H3,(H,25,28). The summed E-state index contributed by atoms with van der Waals surface area (Å²) in [7, 11) is 0. The summed E-state index contributed by atoms with van der Waals surface area (Å²) in [6.07, 6.45) is 1.79. The lowest BCUT2D eigenvalue weighted by molar-refractivity contribution is -0.136. The Kier molecular flexibility index (Phi) is 7.14. The van der Waals surface area contributed by atoms with Gasteiger partial charge in [0.25, 0.3) is 0 Å². The van der Waals surface area contributed by atoms with Gasteiger partial charge in [-0.3, -0.25) is 14.5 Å². The first kappa shape index (κ1) is 21.7. The second-order valence-electron chi connectivity index (χ2n) is 8.06.